The number of nitrogens with zero attached hydrogens (tertiary/aromatic N) is 4. The van der Waals surface area contributed by atoms with Gasteiger partial charge in [-0.25, -0.2) is 4.98 Å². The van der Waals surface area contributed by atoms with E-state index in [-0.39, 0.29) is 0 Å². The zero-order valence-electron chi connectivity index (χ0n) is 14.0. The lowest BCUT2D eigenvalue weighted by Crippen LogP contribution is -2.39. The summed E-state index contributed by atoms with van der Waals surface area (Å²) in [6, 6.07) is 7.82. The zero-order chi connectivity index (χ0) is 16.6. The topological polar surface area (TPSA) is 75.2 Å². The van der Waals surface area contributed by atoms with Crippen LogP contribution in [-0.4, -0.2) is 59.2 Å². The molecule has 7 heteroatoms. The molecule has 2 N–H and O–H groups in total. The second-order valence-corrected chi connectivity index (χ2v) is 5.77. The molecule has 1 fully saturated rings. The molecule has 0 aromatic carbocycles. The average molecular weight is 328 g/mol. The van der Waals surface area contributed by atoms with E-state index in [4.69, 9.17) is 4.74 Å². The molecular formula is C17H24N6O. The van der Waals surface area contributed by atoms with Crippen molar-refractivity contribution in [2.75, 3.05) is 50.0 Å². The molecule has 2 aromatic heterocycles. The lowest BCUT2D eigenvalue weighted by molar-refractivity contribution is 0.0398. The van der Waals surface area contributed by atoms with Gasteiger partial charge in [0.25, 0.3) is 0 Å². The Labute approximate surface area is 142 Å². The maximum absolute atomic E-state index is 5.36. The molecule has 7 nitrogen and oxygen atoms in total. The fourth-order valence-electron chi connectivity index (χ4n) is 2.58. The van der Waals surface area contributed by atoms with Gasteiger partial charge in [-0.05, 0) is 19.1 Å². The predicted octanol–water partition coefficient (Wildman–Crippen LogP) is 1.54. The van der Waals surface area contributed by atoms with Gasteiger partial charge >= 0.3 is 0 Å². The van der Waals surface area contributed by atoms with Crippen LogP contribution in [0.2, 0.25) is 0 Å². The molecule has 0 aliphatic carbocycles. The lowest BCUT2D eigenvalue weighted by Gasteiger charge is -2.26. The minimum absolute atomic E-state index is 0.609. The van der Waals surface area contributed by atoms with Gasteiger partial charge in [-0.3, -0.25) is 9.88 Å². The molecule has 0 amide bonds. The first-order valence-electron chi connectivity index (χ1n) is 8.33. The minimum atomic E-state index is 0.609. The molecule has 3 rings (SSSR count). The van der Waals surface area contributed by atoms with Gasteiger partial charge in [0.05, 0.1) is 25.5 Å². The Morgan fingerprint density at radius 3 is 2.83 bits per heavy atom. The van der Waals surface area contributed by atoms with Gasteiger partial charge in [0.15, 0.2) is 0 Å². The number of pyridine rings is 1. The number of hydrogen-bond acceptors (Lipinski definition) is 7. The Morgan fingerprint density at radius 2 is 2.04 bits per heavy atom. The Hall–Kier alpha value is -2.25. The summed E-state index contributed by atoms with van der Waals surface area (Å²) < 4.78 is 5.36. The van der Waals surface area contributed by atoms with Gasteiger partial charge in [-0.1, -0.05) is 6.07 Å². The van der Waals surface area contributed by atoms with Crippen molar-refractivity contribution < 1.29 is 4.74 Å². The highest BCUT2D eigenvalue weighted by atomic mass is 16.5. The second-order valence-electron chi connectivity index (χ2n) is 5.77. The molecule has 0 saturated carbocycles. The number of hydrogen-bond donors (Lipinski definition) is 2. The highest BCUT2D eigenvalue weighted by Gasteiger charge is 2.09. The van der Waals surface area contributed by atoms with E-state index in [1.165, 1.54) is 0 Å². The van der Waals surface area contributed by atoms with Crippen LogP contribution >= 0.6 is 0 Å². The second kappa shape index (κ2) is 8.56. The highest BCUT2D eigenvalue weighted by Crippen LogP contribution is 2.10. The van der Waals surface area contributed by atoms with E-state index in [1.54, 1.807) is 6.20 Å². The van der Waals surface area contributed by atoms with Crippen LogP contribution in [0.15, 0.2) is 30.5 Å². The van der Waals surface area contributed by atoms with E-state index in [1.807, 2.05) is 31.2 Å². The van der Waals surface area contributed by atoms with E-state index in [0.29, 0.717) is 12.5 Å². The largest absolute Gasteiger partial charge is 0.379 e. The molecule has 0 radical (unpaired) electrons. The highest BCUT2D eigenvalue weighted by molar-refractivity contribution is 5.42. The fraction of sp³-hybridized carbons (Fsp3) is 0.471. The van der Waals surface area contributed by atoms with Crippen molar-refractivity contribution in [2.24, 2.45) is 0 Å². The Bertz CT molecular complexity index is 630. The van der Waals surface area contributed by atoms with Crippen molar-refractivity contribution in [3.63, 3.8) is 0 Å². The van der Waals surface area contributed by atoms with Gasteiger partial charge in [-0.15, -0.1) is 0 Å². The molecule has 3 heterocycles. The van der Waals surface area contributed by atoms with Crippen LogP contribution in [-0.2, 0) is 11.3 Å². The number of aryl methyl sites for hydroxylation is 1. The maximum atomic E-state index is 5.36. The molecule has 2 aromatic rings. The molecule has 24 heavy (non-hydrogen) atoms. The summed E-state index contributed by atoms with van der Waals surface area (Å²) in [7, 11) is 0. The van der Waals surface area contributed by atoms with E-state index >= 15 is 0 Å². The number of morpholine rings is 1. The summed E-state index contributed by atoms with van der Waals surface area (Å²) in [5.41, 5.74) is 1.90. The van der Waals surface area contributed by atoms with Crippen LogP contribution in [0.1, 0.15) is 11.4 Å². The number of anilines is 2. The first-order valence-corrected chi connectivity index (χ1v) is 8.33. The maximum Gasteiger partial charge on any atom is 0.225 e. The van der Waals surface area contributed by atoms with Crippen molar-refractivity contribution in [1.82, 2.24) is 19.9 Å². The molecule has 0 unspecified atom stereocenters. The summed E-state index contributed by atoms with van der Waals surface area (Å²) in [5.74, 6) is 1.47. The van der Waals surface area contributed by atoms with Crippen molar-refractivity contribution in [2.45, 2.75) is 13.5 Å². The molecule has 1 aliphatic rings. The normalized spacial score (nSPS) is 15.2. The van der Waals surface area contributed by atoms with E-state index in [9.17, 15) is 0 Å². The molecule has 1 aliphatic heterocycles. The number of ether oxygens (including phenoxy) is 1. The van der Waals surface area contributed by atoms with Gasteiger partial charge in [0, 0.05) is 44.1 Å². The average Bonchev–Trinajstić information content (AvgIpc) is 2.61. The van der Waals surface area contributed by atoms with Crippen molar-refractivity contribution >= 4 is 11.8 Å². The molecular weight excluding hydrogens is 304 g/mol. The van der Waals surface area contributed by atoms with Crippen LogP contribution in [0.5, 0.6) is 0 Å². The van der Waals surface area contributed by atoms with Crippen LogP contribution in [0, 0.1) is 6.92 Å². The summed E-state index contributed by atoms with van der Waals surface area (Å²) in [4.78, 5) is 15.6. The van der Waals surface area contributed by atoms with Gasteiger partial charge in [-0.2, -0.15) is 4.98 Å². The van der Waals surface area contributed by atoms with Gasteiger partial charge < -0.3 is 15.4 Å². The third-order valence-corrected chi connectivity index (χ3v) is 3.85. The summed E-state index contributed by atoms with van der Waals surface area (Å²) >= 11 is 0. The first kappa shape index (κ1) is 16.6. The van der Waals surface area contributed by atoms with E-state index < -0.39 is 0 Å². The lowest BCUT2D eigenvalue weighted by atomic mass is 10.3. The van der Waals surface area contributed by atoms with Crippen molar-refractivity contribution in [3.05, 3.63) is 41.9 Å². The van der Waals surface area contributed by atoms with Crippen LogP contribution in [0.4, 0.5) is 11.8 Å². The van der Waals surface area contributed by atoms with Crippen LogP contribution < -0.4 is 10.6 Å². The molecule has 0 spiro atoms. The summed E-state index contributed by atoms with van der Waals surface area (Å²) in [5, 5.41) is 6.61. The van der Waals surface area contributed by atoms with Crippen LogP contribution in [0.3, 0.4) is 0 Å². The number of nitrogens with one attached hydrogen (secondary N) is 2. The number of rotatable bonds is 7. The Balaban J connectivity index is 1.51. The minimum Gasteiger partial charge on any atom is -0.379 e. The zero-order valence-corrected chi connectivity index (χ0v) is 14.0. The van der Waals surface area contributed by atoms with Crippen LogP contribution in [0.25, 0.3) is 0 Å². The fourth-order valence-corrected chi connectivity index (χ4v) is 2.58. The SMILES string of the molecule is Cc1cc(NCCN2CCOCC2)nc(NCc2ccccn2)n1. The molecule has 0 atom stereocenters. The third-order valence-electron chi connectivity index (χ3n) is 3.85. The summed E-state index contributed by atoms with van der Waals surface area (Å²) in [6.45, 7) is 8.09. The molecule has 128 valence electrons. The standard InChI is InChI=1S/C17H24N6O/c1-14-12-16(19-6-7-23-8-10-24-11-9-23)22-17(21-14)20-13-15-4-2-3-5-18-15/h2-5,12H,6-11,13H2,1H3,(H2,19,20,21,22). The predicted molar refractivity (Wildman–Crippen MR) is 94.1 cm³/mol. The Kier molecular flexibility index (Phi) is 5.92. The van der Waals surface area contributed by atoms with Gasteiger partial charge in [0.1, 0.15) is 5.82 Å². The van der Waals surface area contributed by atoms with E-state index in [0.717, 1.165) is 56.6 Å². The van der Waals surface area contributed by atoms with Gasteiger partial charge in [0.2, 0.25) is 5.95 Å². The quantitative estimate of drug-likeness (QED) is 0.798. The molecule has 1 saturated heterocycles. The van der Waals surface area contributed by atoms with E-state index in [2.05, 4.69) is 30.5 Å². The first-order chi connectivity index (χ1) is 11.8. The third kappa shape index (κ3) is 5.14. The smallest absolute Gasteiger partial charge is 0.225 e. The Morgan fingerprint density at radius 1 is 1.17 bits per heavy atom. The summed E-state index contributed by atoms with van der Waals surface area (Å²) in [6.07, 6.45) is 1.78. The van der Waals surface area contributed by atoms with Crippen molar-refractivity contribution in [1.29, 1.82) is 0 Å². The number of aromatic nitrogens is 3. The van der Waals surface area contributed by atoms with Crippen molar-refractivity contribution in [3.8, 4) is 0 Å². The monoisotopic (exact) mass is 328 g/mol. The molecule has 0 bridgehead atoms.